The molecule has 0 bridgehead atoms. The van der Waals surface area contributed by atoms with Gasteiger partial charge in [0.15, 0.2) is 0 Å². The van der Waals surface area contributed by atoms with Crippen molar-refractivity contribution in [2.24, 2.45) is 0 Å². The zero-order chi connectivity index (χ0) is 14.3. The Morgan fingerprint density at radius 2 is 2.11 bits per heavy atom. The van der Waals surface area contributed by atoms with E-state index in [1.165, 1.54) is 0 Å². The van der Waals surface area contributed by atoms with Gasteiger partial charge < -0.3 is 10.0 Å². The molecule has 1 aromatic rings. The summed E-state index contributed by atoms with van der Waals surface area (Å²) < 4.78 is 0. The minimum atomic E-state index is -0.872. The number of aromatic nitrogens is 2. The van der Waals surface area contributed by atoms with Crippen LogP contribution < -0.4 is 0 Å². The van der Waals surface area contributed by atoms with Crippen molar-refractivity contribution in [3.8, 4) is 0 Å². The molecule has 1 rings (SSSR count). The normalized spacial score (nSPS) is 11.9. The lowest BCUT2D eigenvalue weighted by Crippen LogP contribution is -2.36. The zero-order valence-electron chi connectivity index (χ0n) is 11.2. The number of hydrogen-bond donors (Lipinski definition) is 1. The van der Waals surface area contributed by atoms with Gasteiger partial charge in [0.2, 0.25) is 5.91 Å². The maximum atomic E-state index is 11.9. The number of carbonyl (C=O) groups is 2. The highest BCUT2D eigenvalue weighted by Crippen LogP contribution is 2.07. The summed E-state index contributed by atoms with van der Waals surface area (Å²) in [6.07, 6.45) is 6.20. The van der Waals surface area contributed by atoms with Crippen LogP contribution in [-0.2, 0) is 16.0 Å². The number of rotatable bonds is 7. The molecule has 104 valence electrons. The Morgan fingerprint density at radius 3 is 2.68 bits per heavy atom. The minimum absolute atomic E-state index is 0.00836. The predicted octanol–water partition coefficient (Wildman–Crippen LogP) is 1.12. The van der Waals surface area contributed by atoms with Crippen molar-refractivity contribution >= 4 is 11.9 Å². The molecule has 1 heterocycles. The van der Waals surface area contributed by atoms with E-state index in [0.717, 1.165) is 5.69 Å². The SMILES string of the molecule is CC(Cc1cnccn1)N(C)C(=O)CCCC(=O)O. The van der Waals surface area contributed by atoms with E-state index in [9.17, 15) is 9.59 Å². The quantitative estimate of drug-likeness (QED) is 0.798. The first-order valence-electron chi connectivity index (χ1n) is 6.23. The average Bonchev–Trinajstić information content (AvgIpc) is 2.38. The number of carboxylic acids is 1. The maximum Gasteiger partial charge on any atom is 0.303 e. The zero-order valence-corrected chi connectivity index (χ0v) is 11.2. The van der Waals surface area contributed by atoms with Crippen molar-refractivity contribution in [2.45, 2.75) is 38.6 Å². The van der Waals surface area contributed by atoms with Gasteiger partial charge >= 0.3 is 5.97 Å². The standard InChI is InChI=1S/C13H19N3O3/c1-10(8-11-9-14-6-7-15-11)16(2)12(17)4-3-5-13(18)19/h6-7,9-10H,3-5,8H2,1-2H3,(H,18,19). The van der Waals surface area contributed by atoms with Gasteiger partial charge in [-0.2, -0.15) is 0 Å². The van der Waals surface area contributed by atoms with Gasteiger partial charge in [-0.1, -0.05) is 0 Å². The minimum Gasteiger partial charge on any atom is -0.481 e. The van der Waals surface area contributed by atoms with Crippen molar-refractivity contribution in [3.63, 3.8) is 0 Å². The van der Waals surface area contributed by atoms with Crippen LogP contribution in [-0.4, -0.2) is 44.9 Å². The number of carbonyl (C=O) groups excluding carboxylic acids is 1. The lowest BCUT2D eigenvalue weighted by Gasteiger charge is -2.24. The van der Waals surface area contributed by atoms with E-state index >= 15 is 0 Å². The van der Waals surface area contributed by atoms with E-state index in [1.54, 1.807) is 30.5 Å². The molecule has 0 aliphatic heterocycles. The fraction of sp³-hybridized carbons (Fsp3) is 0.538. The van der Waals surface area contributed by atoms with Crippen LogP contribution in [0.15, 0.2) is 18.6 Å². The van der Waals surface area contributed by atoms with Gasteiger partial charge in [-0.25, -0.2) is 0 Å². The van der Waals surface area contributed by atoms with E-state index in [0.29, 0.717) is 12.8 Å². The van der Waals surface area contributed by atoms with Crippen molar-refractivity contribution < 1.29 is 14.7 Å². The van der Waals surface area contributed by atoms with Crippen LogP contribution in [0.5, 0.6) is 0 Å². The van der Waals surface area contributed by atoms with E-state index in [2.05, 4.69) is 9.97 Å². The molecule has 0 radical (unpaired) electrons. The number of likely N-dealkylation sites (N-methyl/N-ethyl adjacent to an activating group) is 1. The van der Waals surface area contributed by atoms with E-state index < -0.39 is 5.97 Å². The highest BCUT2D eigenvalue weighted by Gasteiger charge is 2.16. The third kappa shape index (κ3) is 5.46. The third-order valence-electron chi connectivity index (χ3n) is 2.96. The van der Waals surface area contributed by atoms with E-state index in [4.69, 9.17) is 5.11 Å². The van der Waals surface area contributed by atoms with Gasteiger partial charge in [0, 0.05) is 50.9 Å². The highest BCUT2D eigenvalue weighted by atomic mass is 16.4. The number of amides is 1. The molecule has 0 aliphatic carbocycles. The van der Waals surface area contributed by atoms with E-state index in [-0.39, 0.29) is 24.8 Å². The first kappa shape index (κ1) is 15.1. The fourth-order valence-corrected chi connectivity index (χ4v) is 1.69. The molecular weight excluding hydrogens is 246 g/mol. The summed E-state index contributed by atoms with van der Waals surface area (Å²) in [5.74, 6) is -0.916. The number of hydrogen-bond acceptors (Lipinski definition) is 4. The third-order valence-corrected chi connectivity index (χ3v) is 2.96. The molecule has 1 aromatic heterocycles. The average molecular weight is 265 g/mol. The van der Waals surface area contributed by atoms with Crippen LogP contribution in [0.3, 0.4) is 0 Å². The molecule has 1 unspecified atom stereocenters. The Hall–Kier alpha value is -1.98. The van der Waals surface area contributed by atoms with Crippen LogP contribution in [0.2, 0.25) is 0 Å². The highest BCUT2D eigenvalue weighted by molar-refractivity contribution is 5.77. The van der Waals surface area contributed by atoms with Crippen molar-refractivity contribution in [1.29, 1.82) is 0 Å². The van der Waals surface area contributed by atoms with Crippen LogP contribution in [0.25, 0.3) is 0 Å². The van der Waals surface area contributed by atoms with Crippen LogP contribution in [0.4, 0.5) is 0 Å². The topological polar surface area (TPSA) is 83.4 Å². The van der Waals surface area contributed by atoms with Crippen LogP contribution in [0.1, 0.15) is 31.9 Å². The Kier molecular flexibility index (Phi) is 5.92. The summed E-state index contributed by atoms with van der Waals surface area (Å²) in [7, 11) is 1.73. The van der Waals surface area contributed by atoms with E-state index in [1.807, 2.05) is 6.92 Å². The van der Waals surface area contributed by atoms with Gasteiger partial charge in [-0.05, 0) is 13.3 Å². The van der Waals surface area contributed by atoms with Crippen molar-refractivity contribution in [1.82, 2.24) is 14.9 Å². The summed E-state index contributed by atoms with van der Waals surface area (Å²) in [5.41, 5.74) is 0.834. The molecular formula is C13H19N3O3. The van der Waals surface area contributed by atoms with Gasteiger partial charge in [-0.3, -0.25) is 19.6 Å². The number of aliphatic carboxylic acids is 1. The summed E-state index contributed by atoms with van der Waals surface area (Å²) >= 11 is 0. The van der Waals surface area contributed by atoms with Gasteiger partial charge in [0.05, 0.1) is 5.69 Å². The Labute approximate surface area is 112 Å². The molecule has 1 atom stereocenters. The maximum absolute atomic E-state index is 11.9. The summed E-state index contributed by atoms with van der Waals surface area (Å²) in [4.78, 5) is 32.0. The first-order valence-corrected chi connectivity index (χ1v) is 6.23. The van der Waals surface area contributed by atoms with Crippen molar-refractivity contribution in [3.05, 3.63) is 24.3 Å². The largest absolute Gasteiger partial charge is 0.481 e. The number of carboxylic acid groups (broad SMARTS) is 1. The van der Waals surface area contributed by atoms with Crippen LogP contribution in [0, 0.1) is 0 Å². The van der Waals surface area contributed by atoms with Gasteiger partial charge in [0.1, 0.15) is 0 Å². The lowest BCUT2D eigenvalue weighted by molar-refractivity contribution is -0.137. The number of nitrogens with zero attached hydrogens (tertiary/aromatic N) is 3. The molecule has 19 heavy (non-hydrogen) atoms. The second kappa shape index (κ2) is 7.45. The smallest absolute Gasteiger partial charge is 0.303 e. The molecule has 0 saturated heterocycles. The summed E-state index contributed by atoms with van der Waals surface area (Å²) in [6, 6.07) is 0.00836. The first-order chi connectivity index (χ1) is 9.00. The lowest BCUT2D eigenvalue weighted by atomic mass is 10.1. The van der Waals surface area contributed by atoms with Gasteiger partial charge in [0.25, 0.3) is 0 Å². The summed E-state index contributed by atoms with van der Waals surface area (Å²) in [6.45, 7) is 1.93. The molecule has 0 saturated carbocycles. The second-order valence-corrected chi connectivity index (χ2v) is 4.50. The second-order valence-electron chi connectivity index (χ2n) is 4.50. The molecule has 0 aliphatic rings. The Morgan fingerprint density at radius 1 is 1.37 bits per heavy atom. The fourth-order valence-electron chi connectivity index (χ4n) is 1.69. The molecule has 1 amide bonds. The van der Waals surface area contributed by atoms with Crippen molar-refractivity contribution in [2.75, 3.05) is 7.05 Å². The summed E-state index contributed by atoms with van der Waals surface area (Å²) in [5, 5.41) is 8.53. The molecule has 6 heteroatoms. The van der Waals surface area contributed by atoms with Gasteiger partial charge in [-0.15, -0.1) is 0 Å². The Balaban J connectivity index is 2.41. The van der Waals surface area contributed by atoms with Crippen LogP contribution >= 0.6 is 0 Å². The Bertz CT molecular complexity index is 422. The molecule has 0 fully saturated rings. The molecule has 0 spiro atoms. The monoisotopic (exact) mass is 265 g/mol. The molecule has 1 N–H and O–H groups in total. The molecule has 0 aromatic carbocycles. The molecule has 6 nitrogen and oxygen atoms in total. The predicted molar refractivity (Wildman–Crippen MR) is 69.5 cm³/mol.